The molecule has 1 N–H and O–H groups in total. The number of phenols is 1. The largest absolute Gasteiger partial charge is 0.508 e. The molecule has 1 aromatic rings. The first-order valence-electron chi connectivity index (χ1n) is 4.20. The van der Waals surface area contributed by atoms with E-state index in [1.54, 1.807) is 0 Å². The van der Waals surface area contributed by atoms with Crippen LogP contribution in [-0.4, -0.2) is 55.4 Å². The Morgan fingerprint density at radius 3 is 2.43 bits per heavy atom. The van der Waals surface area contributed by atoms with E-state index in [1.807, 2.05) is 6.92 Å². The number of esters is 1. The Morgan fingerprint density at radius 2 is 1.93 bits per heavy atom. The van der Waals surface area contributed by atoms with Crippen LogP contribution in [0.2, 0.25) is 0 Å². The maximum absolute atomic E-state index is 11.2. The fourth-order valence-corrected chi connectivity index (χ4v) is 0.876. The molecule has 0 heterocycles. The first-order chi connectivity index (χ1) is 6.24. The molecule has 0 fully saturated rings. The van der Waals surface area contributed by atoms with Crippen LogP contribution in [0.25, 0.3) is 0 Å². The maximum atomic E-state index is 11.2. The third-order valence-corrected chi connectivity index (χ3v) is 1.54. The van der Waals surface area contributed by atoms with Crippen molar-refractivity contribution in [2.75, 3.05) is 6.61 Å². The van der Waals surface area contributed by atoms with Crippen LogP contribution in [0.3, 0.4) is 0 Å². The number of ether oxygens (including phenoxy) is 1. The molecule has 1 aromatic carbocycles. The molecule has 0 spiro atoms. The number of benzene rings is 1. The van der Waals surface area contributed by atoms with Gasteiger partial charge in [-0.2, -0.15) is 0 Å². The van der Waals surface area contributed by atoms with Gasteiger partial charge in [-0.25, -0.2) is 4.79 Å². The van der Waals surface area contributed by atoms with Gasteiger partial charge in [-0.15, -0.1) is 0 Å². The van der Waals surface area contributed by atoms with Crippen molar-refractivity contribution in [2.45, 2.75) is 13.3 Å². The van der Waals surface area contributed by atoms with Gasteiger partial charge in [0.2, 0.25) is 0 Å². The van der Waals surface area contributed by atoms with Crippen molar-refractivity contribution in [1.29, 1.82) is 0 Å². The van der Waals surface area contributed by atoms with Gasteiger partial charge >= 0.3 is 5.97 Å². The molecule has 72 valence electrons. The van der Waals surface area contributed by atoms with E-state index >= 15 is 0 Å². The summed E-state index contributed by atoms with van der Waals surface area (Å²) in [6.45, 7) is 2.36. The van der Waals surface area contributed by atoms with E-state index in [0.717, 1.165) is 6.42 Å². The van der Waals surface area contributed by atoms with Crippen LogP contribution in [0.5, 0.6) is 5.75 Å². The second-order valence-corrected chi connectivity index (χ2v) is 2.68. The van der Waals surface area contributed by atoms with Crippen LogP contribution in [0.1, 0.15) is 23.7 Å². The molecule has 0 unspecified atom stereocenters. The second-order valence-electron chi connectivity index (χ2n) is 2.68. The smallest absolute Gasteiger partial charge is 0.338 e. The van der Waals surface area contributed by atoms with Crippen molar-refractivity contribution in [3.05, 3.63) is 29.8 Å². The fourth-order valence-electron chi connectivity index (χ4n) is 0.876. The fraction of sp³-hybridized carbons (Fsp3) is 0.300. The van der Waals surface area contributed by atoms with Crippen molar-refractivity contribution in [3.8, 4) is 5.75 Å². The normalized spacial score (nSPS) is 8.93. The summed E-state index contributed by atoms with van der Waals surface area (Å²) in [7, 11) is 0. The summed E-state index contributed by atoms with van der Waals surface area (Å²) in [5, 5.41) is 8.96. The summed E-state index contributed by atoms with van der Waals surface area (Å²) in [4.78, 5) is 11.2. The van der Waals surface area contributed by atoms with Gasteiger partial charge in [0, 0.05) is 37.7 Å². The minimum atomic E-state index is -0.346. The molecule has 0 aromatic heterocycles. The van der Waals surface area contributed by atoms with Crippen LogP contribution in [0.15, 0.2) is 24.3 Å². The van der Waals surface area contributed by atoms with Crippen LogP contribution in [-0.2, 0) is 4.74 Å². The number of carbonyl (C=O) groups excluding carboxylic acids is 1. The van der Waals surface area contributed by atoms with Crippen LogP contribution in [0.4, 0.5) is 0 Å². The molecule has 0 aliphatic rings. The van der Waals surface area contributed by atoms with E-state index in [2.05, 4.69) is 0 Å². The maximum Gasteiger partial charge on any atom is 0.338 e. The average Bonchev–Trinajstić information content (AvgIpc) is 2.15. The quantitative estimate of drug-likeness (QED) is 0.621. The zero-order valence-corrected chi connectivity index (χ0v) is 10.4. The molecule has 1 rings (SSSR count). The van der Waals surface area contributed by atoms with E-state index in [4.69, 9.17) is 9.84 Å². The number of hydrogen-bond acceptors (Lipinski definition) is 3. The number of aromatic hydroxyl groups is 1. The molecular weight excluding hydrogens is 208 g/mol. The first-order valence-corrected chi connectivity index (χ1v) is 4.20. The molecule has 0 aliphatic heterocycles. The Balaban J connectivity index is 0.00000169. The number of carbonyl (C=O) groups is 1. The summed E-state index contributed by atoms with van der Waals surface area (Å²) in [6, 6.07) is 5.99. The summed E-state index contributed by atoms with van der Waals surface area (Å²) in [5.74, 6) is -0.200. The molecule has 0 amide bonds. The van der Waals surface area contributed by atoms with Crippen molar-refractivity contribution in [3.63, 3.8) is 0 Å². The monoisotopic (exact) mass is 220 g/mol. The molecular formula is C10H12CaO3. The molecule has 0 atom stereocenters. The topological polar surface area (TPSA) is 46.5 Å². The molecule has 0 saturated heterocycles. The van der Waals surface area contributed by atoms with Crippen LogP contribution < -0.4 is 0 Å². The van der Waals surface area contributed by atoms with Crippen molar-refractivity contribution < 1.29 is 14.6 Å². The van der Waals surface area contributed by atoms with Crippen molar-refractivity contribution in [2.24, 2.45) is 0 Å². The van der Waals surface area contributed by atoms with E-state index in [0.29, 0.717) is 12.2 Å². The average molecular weight is 220 g/mol. The Kier molecular flexibility index (Phi) is 6.97. The minimum Gasteiger partial charge on any atom is -0.508 e. The van der Waals surface area contributed by atoms with Crippen molar-refractivity contribution in [1.82, 2.24) is 0 Å². The summed E-state index contributed by atoms with van der Waals surface area (Å²) in [6.07, 6.45) is 0.809. The summed E-state index contributed by atoms with van der Waals surface area (Å²) in [5.41, 5.74) is 0.464. The Morgan fingerprint density at radius 1 is 1.36 bits per heavy atom. The predicted molar refractivity (Wildman–Crippen MR) is 54.4 cm³/mol. The van der Waals surface area contributed by atoms with Gasteiger partial charge in [-0.1, -0.05) is 6.92 Å². The van der Waals surface area contributed by atoms with E-state index in [1.165, 1.54) is 24.3 Å². The third kappa shape index (κ3) is 4.31. The molecule has 0 aliphatic carbocycles. The number of phenolic OH excluding ortho intramolecular Hbond substituents is 1. The van der Waals surface area contributed by atoms with Crippen LogP contribution in [0, 0.1) is 0 Å². The molecule has 3 nitrogen and oxygen atoms in total. The SMILES string of the molecule is CCCOC(=O)c1ccc(O)cc1.[Ca]. The second kappa shape index (κ2) is 7.10. The Hall–Kier alpha value is -0.250. The minimum absolute atomic E-state index is 0. The van der Waals surface area contributed by atoms with Gasteiger partial charge < -0.3 is 9.84 Å². The van der Waals surface area contributed by atoms with Gasteiger partial charge in [-0.05, 0) is 30.7 Å². The van der Waals surface area contributed by atoms with Gasteiger partial charge in [0.25, 0.3) is 0 Å². The first kappa shape index (κ1) is 13.7. The molecule has 4 heteroatoms. The van der Waals surface area contributed by atoms with Crippen LogP contribution >= 0.6 is 0 Å². The van der Waals surface area contributed by atoms with Gasteiger partial charge in [-0.3, -0.25) is 0 Å². The standard InChI is InChI=1S/C10H12O3.Ca/c1-2-7-13-10(12)8-3-5-9(11)6-4-8;/h3-6,11H,2,7H2,1H3;. The van der Waals surface area contributed by atoms with Crippen molar-refractivity contribution >= 4 is 43.7 Å². The molecule has 0 bridgehead atoms. The van der Waals surface area contributed by atoms with Gasteiger partial charge in [0.05, 0.1) is 12.2 Å². The summed E-state index contributed by atoms with van der Waals surface area (Å²) < 4.78 is 4.90. The molecule has 0 saturated carbocycles. The predicted octanol–water partition coefficient (Wildman–Crippen LogP) is 1.58. The zero-order valence-electron chi connectivity index (χ0n) is 8.19. The zero-order chi connectivity index (χ0) is 9.68. The Bertz CT molecular complexity index is 282. The van der Waals surface area contributed by atoms with Gasteiger partial charge in [0.15, 0.2) is 0 Å². The molecule has 14 heavy (non-hydrogen) atoms. The number of rotatable bonds is 3. The van der Waals surface area contributed by atoms with Gasteiger partial charge in [0.1, 0.15) is 5.75 Å². The van der Waals surface area contributed by atoms with E-state index in [-0.39, 0.29) is 49.5 Å². The third-order valence-electron chi connectivity index (χ3n) is 1.54. The Labute approximate surface area is 113 Å². The number of hydrogen-bond donors (Lipinski definition) is 1. The van der Waals surface area contributed by atoms with E-state index < -0.39 is 0 Å². The summed E-state index contributed by atoms with van der Waals surface area (Å²) >= 11 is 0. The van der Waals surface area contributed by atoms with E-state index in [9.17, 15) is 4.79 Å². The molecule has 2 radical (unpaired) electrons.